The third kappa shape index (κ3) is 2.49. The van der Waals surface area contributed by atoms with Gasteiger partial charge < -0.3 is 9.67 Å². The molecule has 0 aliphatic carbocycles. The van der Waals surface area contributed by atoms with Gasteiger partial charge in [0.25, 0.3) is 0 Å². The lowest BCUT2D eigenvalue weighted by Crippen LogP contribution is -1.98. The van der Waals surface area contributed by atoms with Crippen LogP contribution in [0.1, 0.15) is 29.7 Å². The quantitative estimate of drug-likeness (QED) is 0.854. The van der Waals surface area contributed by atoms with Crippen LogP contribution >= 0.6 is 0 Å². The molecule has 1 atom stereocenters. The molecule has 0 radical (unpaired) electrons. The molecule has 0 bridgehead atoms. The highest BCUT2D eigenvalue weighted by Gasteiger charge is 2.03. The topological polar surface area (TPSA) is 38.0 Å². The van der Waals surface area contributed by atoms with Crippen LogP contribution in [0.3, 0.4) is 0 Å². The first kappa shape index (κ1) is 10.9. The Morgan fingerprint density at radius 1 is 1.44 bits per heavy atom. The van der Waals surface area contributed by atoms with Crippen molar-refractivity contribution in [1.29, 1.82) is 0 Å². The molecule has 0 saturated carbocycles. The number of aliphatic hydroxyl groups is 1. The van der Waals surface area contributed by atoms with Gasteiger partial charge in [0.05, 0.1) is 6.10 Å². The Morgan fingerprint density at radius 3 is 2.88 bits per heavy atom. The first-order chi connectivity index (χ1) is 7.65. The lowest BCUT2D eigenvalue weighted by Gasteiger charge is -2.04. The number of aromatic nitrogens is 2. The largest absolute Gasteiger partial charge is 0.389 e. The summed E-state index contributed by atoms with van der Waals surface area (Å²) in [5.74, 6) is 0. The molecule has 0 aliphatic heterocycles. The van der Waals surface area contributed by atoms with Crippen LogP contribution in [0, 0.1) is 6.92 Å². The van der Waals surface area contributed by atoms with Crippen molar-refractivity contribution in [2.45, 2.75) is 26.5 Å². The SMILES string of the molecule is Cc1cncc(Cn2ccc(C(C)O)c2)c1. The molecule has 0 aromatic carbocycles. The molecule has 16 heavy (non-hydrogen) atoms. The van der Waals surface area contributed by atoms with Gasteiger partial charge in [-0.3, -0.25) is 4.98 Å². The van der Waals surface area contributed by atoms with Gasteiger partial charge in [-0.05, 0) is 36.6 Å². The Bertz CT molecular complexity index is 474. The van der Waals surface area contributed by atoms with E-state index in [9.17, 15) is 5.11 Å². The number of hydrogen-bond donors (Lipinski definition) is 1. The van der Waals surface area contributed by atoms with E-state index in [1.807, 2.05) is 37.8 Å². The van der Waals surface area contributed by atoms with Crippen LogP contribution < -0.4 is 0 Å². The van der Waals surface area contributed by atoms with E-state index in [2.05, 4.69) is 15.6 Å². The number of aryl methyl sites for hydroxylation is 1. The molecule has 0 spiro atoms. The van der Waals surface area contributed by atoms with Gasteiger partial charge in [0.1, 0.15) is 0 Å². The summed E-state index contributed by atoms with van der Waals surface area (Å²) in [7, 11) is 0. The van der Waals surface area contributed by atoms with Crippen molar-refractivity contribution in [2.75, 3.05) is 0 Å². The summed E-state index contributed by atoms with van der Waals surface area (Å²) in [6.45, 7) is 4.60. The summed E-state index contributed by atoms with van der Waals surface area (Å²) in [5.41, 5.74) is 3.29. The minimum Gasteiger partial charge on any atom is -0.389 e. The Kier molecular flexibility index (Phi) is 3.06. The Labute approximate surface area is 95.4 Å². The van der Waals surface area contributed by atoms with E-state index < -0.39 is 6.10 Å². The highest BCUT2D eigenvalue weighted by Crippen LogP contribution is 2.13. The molecule has 1 N–H and O–H groups in total. The number of hydrogen-bond acceptors (Lipinski definition) is 2. The normalized spacial score (nSPS) is 12.7. The molecular weight excluding hydrogens is 200 g/mol. The van der Waals surface area contributed by atoms with Gasteiger partial charge in [-0.25, -0.2) is 0 Å². The average Bonchev–Trinajstić information content (AvgIpc) is 2.66. The number of aliphatic hydroxyl groups excluding tert-OH is 1. The summed E-state index contributed by atoms with van der Waals surface area (Å²) in [6, 6.07) is 4.06. The van der Waals surface area contributed by atoms with Crippen molar-refractivity contribution in [1.82, 2.24) is 9.55 Å². The van der Waals surface area contributed by atoms with Crippen LogP contribution in [0.25, 0.3) is 0 Å². The van der Waals surface area contributed by atoms with E-state index in [1.54, 1.807) is 6.92 Å². The Balaban J connectivity index is 2.14. The second-order valence-corrected chi connectivity index (χ2v) is 4.16. The maximum atomic E-state index is 9.42. The fourth-order valence-electron chi connectivity index (χ4n) is 1.72. The molecule has 0 amide bonds. The van der Waals surface area contributed by atoms with Crippen LogP contribution in [-0.2, 0) is 6.54 Å². The van der Waals surface area contributed by atoms with Gasteiger partial charge in [-0.2, -0.15) is 0 Å². The summed E-state index contributed by atoms with van der Waals surface area (Å²) < 4.78 is 2.05. The molecule has 2 aromatic rings. The molecule has 0 aliphatic rings. The predicted molar refractivity (Wildman–Crippen MR) is 63.1 cm³/mol. The number of nitrogens with zero attached hydrogens (tertiary/aromatic N) is 2. The van der Waals surface area contributed by atoms with E-state index in [1.165, 1.54) is 11.1 Å². The van der Waals surface area contributed by atoms with Crippen LogP contribution in [-0.4, -0.2) is 14.7 Å². The number of pyridine rings is 1. The molecule has 2 aromatic heterocycles. The van der Waals surface area contributed by atoms with E-state index in [0.717, 1.165) is 12.1 Å². The van der Waals surface area contributed by atoms with Crippen molar-refractivity contribution in [3.8, 4) is 0 Å². The minimum atomic E-state index is -0.406. The fraction of sp³-hybridized carbons (Fsp3) is 0.308. The first-order valence-electron chi connectivity index (χ1n) is 5.39. The van der Waals surface area contributed by atoms with Crippen molar-refractivity contribution in [3.05, 3.63) is 53.6 Å². The Hall–Kier alpha value is -1.61. The molecule has 3 heteroatoms. The zero-order valence-corrected chi connectivity index (χ0v) is 9.59. The smallest absolute Gasteiger partial charge is 0.0776 e. The molecule has 0 fully saturated rings. The first-order valence-corrected chi connectivity index (χ1v) is 5.39. The van der Waals surface area contributed by atoms with Crippen LogP contribution in [0.2, 0.25) is 0 Å². The van der Waals surface area contributed by atoms with Gasteiger partial charge >= 0.3 is 0 Å². The standard InChI is InChI=1S/C13H16N2O/c1-10-5-12(7-14-6-10)8-15-4-3-13(9-15)11(2)16/h3-7,9,11,16H,8H2,1-2H3. The van der Waals surface area contributed by atoms with Crippen LogP contribution in [0.15, 0.2) is 36.9 Å². The van der Waals surface area contributed by atoms with Crippen molar-refractivity contribution in [3.63, 3.8) is 0 Å². The highest BCUT2D eigenvalue weighted by molar-refractivity contribution is 5.19. The Morgan fingerprint density at radius 2 is 2.25 bits per heavy atom. The summed E-state index contributed by atoms with van der Waals surface area (Å²) in [4.78, 5) is 4.16. The maximum Gasteiger partial charge on any atom is 0.0776 e. The zero-order chi connectivity index (χ0) is 11.5. The molecule has 1 unspecified atom stereocenters. The van der Waals surface area contributed by atoms with Gasteiger partial charge in [0, 0.05) is 31.3 Å². The molecule has 0 saturated heterocycles. The fourth-order valence-corrected chi connectivity index (χ4v) is 1.72. The van der Waals surface area contributed by atoms with E-state index in [0.29, 0.717) is 0 Å². The second-order valence-electron chi connectivity index (χ2n) is 4.16. The number of rotatable bonds is 3. The molecule has 84 valence electrons. The van der Waals surface area contributed by atoms with E-state index in [4.69, 9.17) is 0 Å². The zero-order valence-electron chi connectivity index (χ0n) is 9.59. The summed E-state index contributed by atoms with van der Waals surface area (Å²) in [5, 5.41) is 9.42. The molecule has 2 rings (SSSR count). The van der Waals surface area contributed by atoms with Gasteiger partial charge in [-0.15, -0.1) is 0 Å². The van der Waals surface area contributed by atoms with Crippen LogP contribution in [0.5, 0.6) is 0 Å². The lowest BCUT2D eigenvalue weighted by atomic mass is 10.2. The van der Waals surface area contributed by atoms with Gasteiger partial charge in [0.2, 0.25) is 0 Å². The molecule has 3 nitrogen and oxygen atoms in total. The van der Waals surface area contributed by atoms with Crippen molar-refractivity contribution >= 4 is 0 Å². The minimum absolute atomic E-state index is 0.406. The van der Waals surface area contributed by atoms with Gasteiger partial charge in [-0.1, -0.05) is 6.07 Å². The predicted octanol–water partition coefficient (Wildman–Crippen LogP) is 2.29. The average molecular weight is 216 g/mol. The summed E-state index contributed by atoms with van der Waals surface area (Å²) in [6.07, 6.45) is 7.25. The highest BCUT2D eigenvalue weighted by atomic mass is 16.3. The van der Waals surface area contributed by atoms with Crippen molar-refractivity contribution < 1.29 is 5.11 Å². The van der Waals surface area contributed by atoms with Crippen molar-refractivity contribution in [2.24, 2.45) is 0 Å². The lowest BCUT2D eigenvalue weighted by molar-refractivity contribution is 0.199. The van der Waals surface area contributed by atoms with E-state index in [-0.39, 0.29) is 0 Å². The second kappa shape index (κ2) is 4.49. The van der Waals surface area contributed by atoms with Crippen LogP contribution in [0.4, 0.5) is 0 Å². The van der Waals surface area contributed by atoms with Gasteiger partial charge in [0.15, 0.2) is 0 Å². The van der Waals surface area contributed by atoms with E-state index >= 15 is 0 Å². The maximum absolute atomic E-state index is 9.42. The third-order valence-corrected chi connectivity index (χ3v) is 2.55. The third-order valence-electron chi connectivity index (χ3n) is 2.55. The monoisotopic (exact) mass is 216 g/mol. The summed E-state index contributed by atoms with van der Waals surface area (Å²) >= 11 is 0. The molecular formula is C13H16N2O. The molecule has 2 heterocycles.